The fourth-order valence-electron chi connectivity index (χ4n) is 2.52. The Morgan fingerprint density at radius 2 is 1.88 bits per heavy atom. The lowest BCUT2D eigenvalue weighted by Gasteiger charge is -2.39. The molecule has 1 aromatic rings. The number of hydrogen-bond acceptors (Lipinski definition) is 2. The first-order valence-corrected chi connectivity index (χ1v) is 8.92. The Balaban J connectivity index is 2.35. The largest absolute Gasteiger partial charge is 0.393 e. The lowest BCUT2D eigenvalue weighted by molar-refractivity contribution is 0.112. The highest BCUT2D eigenvalue weighted by molar-refractivity contribution is 8.18. The maximum atomic E-state index is 9.90. The summed E-state index contributed by atoms with van der Waals surface area (Å²) in [5, 5.41) is 11.2. The number of hydrogen-bond donors (Lipinski definition) is 1. The molecule has 0 aromatic heterocycles. The van der Waals surface area contributed by atoms with Crippen LogP contribution < -0.4 is 5.30 Å². The summed E-state index contributed by atoms with van der Waals surface area (Å²) in [4.78, 5) is 0. The molecular weight excluding hydrogens is 235 g/mol. The fraction of sp³-hybridized carbons (Fsp3) is 0.538. The van der Waals surface area contributed by atoms with Crippen LogP contribution in [0, 0.1) is 5.92 Å². The molecule has 1 aliphatic heterocycles. The third kappa shape index (κ3) is 2.11. The van der Waals surface area contributed by atoms with Crippen LogP contribution >= 0.6 is 6.04 Å². The van der Waals surface area contributed by atoms with E-state index in [9.17, 15) is 5.11 Å². The van der Waals surface area contributed by atoms with E-state index in [0.717, 1.165) is 12.6 Å². The maximum absolute atomic E-state index is 9.90. The van der Waals surface area contributed by atoms with Gasteiger partial charge in [-0.25, -0.2) is 0 Å². The van der Waals surface area contributed by atoms with Crippen LogP contribution in [0.2, 0.25) is 0 Å². The number of aliphatic hydroxyl groups is 1. The van der Waals surface area contributed by atoms with Gasteiger partial charge < -0.3 is 5.11 Å². The molecule has 88 valence electrons. The average molecular weight is 254 g/mol. The summed E-state index contributed by atoms with van der Waals surface area (Å²) in [6.07, 6.45) is 1.72. The third-order valence-electron chi connectivity index (χ3n) is 3.70. The molecule has 1 aromatic carbocycles. The van der Waals surface area contributed by atoms with E-state index in [1.807, 2.05) is 6.07 Å². The van der Waals surface area contributed by atoms with Crippen molar-refractivity contribution in [2.75, 3.05) is 6.16 Å². The Labute approximate surface area is 103 Å². The molecule has 0 spiro atoms. The average Bonchev–Trinajstić information content (AvgIpc) is 2.28. The van der Waals surface area contributed by atoms with Crippen molar-refractivity contribution in [1.29, 1.82) is 0 Å². The van der Waals surface area contributed by atoms with E-state index >= 15 is 0 Å². The Morgan fingerprint density at radius 3 is 2.50 bits per heavy atom. The third-order valence-corrected chi connectivity index (χ3v) is 9.79. The Bertz CT molecular complexity index is 404. The first kappa shape index (κ1) is 12.3. The summed E-state index contributed by atoms with van der Waals surface area (Å²) < 4.78 is 0. The Kier molecular flexibility index (Phi) is 3.53. The molecular formula is C13H19OPS. The van der Waals surface area contributed by atoms with Crippen LogP contribution in [0.1, 0.15) is 20.3 Å². The highest BCUT2D eigenvalue weighted by Crippen LogP contribution is 2.56. The minimum Gasteiger partial charge on any atom is -0.393 e. The molecule has 1 saturated heterocycles. The number of aliphatic hydroxyl groups excluding tert-OH is 1. The molecule has 1 N–H and O–H groups in total. The highest BCUT2D eigenvalue weighted by atomic mass is 32.4. The lowest BCUT2D eigenvalue weighted by atomic mass is 10.0. The first-order chi connectivity index (χ1) is 7.54. The van der Waals surface area contributed by atoms with Gasteiger partial charge in [0.05, 0.1) is 6.10 Å². The summed E-state index contributed by atoms with van der Waals surface area (Å²) in [5.41, 5.74) is 0.469. The summed E-state index contributed by atoms with van der Waals surface area (Å²) >= 11 is 5.97. The predicted molar refractivity (Wildman–Crippen MR) is 74.5 cm³/mol. The normalized spacial score (nSPS) is 39.6. The minimum atomic E-state index is -1.48. The van der Waals surface area contributed by atoms with Crippen molar-refractivity contribution in [3.63, 3.8) is 0 Å². The van der Waals surface area contributed by atoms with Gasteiger partial charge in [0, 0.05) is 0 Å². The summed E-state index contributed by atoms with van der Waals surface area (Å²) in [6.45, 7) is 4.34. The molecule has 0 bridgehead atoms. The number of benzene rings is 1. The first-order valence-electron chi connectivity index (χ1n) is 5.86. The summed E-state index contributed by atoms with van der Waals surface area (Å²) in [6, 6.07) is 9.05. The summed E-state index contributed by atoms with van der Waals surface area (Å²) in [5.74, 6) is 0.349. The Hall–Kier alpha value is -0.170. The minimum absolute atomic E-state index is 0.158. The van der Waals surface area contributed by atoms with Gasteiger partial charge in [0.25, 0.3) is 0 Å². The molecule has 0 amide bonds. The Morgan fingerprint density at radius 1 is 1.25 bits per heavy atom. The van der Waals surface area contributed by atoms with Crippen LogP contribution in [0.3, 0.4) is 0 Å². The van der Waals surface area contributed by atoms with Crippen LogP contribution in [0.15, 0.2) is 30.3 Å². The SMILES string of the molecule is C[C@@H]1C[P@](=S)(c2ccccc2)[C@H](C)C[C@H]1O. The van der Waals surface area contributed by atoms with E-state index in [-0.39, 0.29) is 6.10 Å². The van der Waals surface area contributed by atoms with E-state index in [1.54, 1.807) is 0 Å². The predicted octanol–water partition coefficient (Wildman–Crippen LogP) is 2.58. The van der Waals surface area contributed by atoms with Crippen molar-refractivity contribution in [2.45, 2.75) is 32.0 Å². The van der Waals surface area contributed by atoms with Crippen LogP contribution in [0.4, 0.5) is 0 Å². The molecule has 0 aliphatic carbocycles. The molecule has 1 aliphatic rings. The van der Waals surface area contributed by atoms with Gasteiger partial charge in [-0.3, -0.25) is 0 Å². The second-order valence-electron chi connectivity index (χ2n) is 4.94. The van der Waals surface area contributed by atoms with Crippen molar-refractivity contribution < 1.29 is 5.11 Å². The van der Waals surface area contributed by atoms with Crippen molar-refractivity contribution in [3.05, 3.63) is 30.3 Å². The maximum Gasteiger partial charge on any atom is 0.0575 e. The van der Waals surface area contributed by atoms with Crippen molar-refractivity contribution in [1.82, 2.24) is 0 Å². The van der Waals surface area contributed by atoms with E-state index in [0.29, 0.717) is 11.6 Å². The van der Waals surface area contributed by atoms with Crippen LogP contribution in [-0.2, 0) is 11.8 Å². The van der Waals surface area contributed by atoms with Crippen molar-refractivity contribution in [2.24, 2.45) is 5.92 Å². The summed E-state index contributed by atoms with van der Waals surface area (Å²) in [7, 11) is 0. The standard InChI is InChI=1S/C13H19OPS/c1-10-9-15(16,11(2)8-13(10)14)12-6-4-3-5-7-12/h3-7,10-11,13-14H,8-9H2,1-2H3/t10-,11-,13-,15-/m1/s1. The van der Waals surface area contributed by atoms with Gasteiger partial charge in [-0.2, -0.15) is 0 Å². The molecule has 2 rings (SSSR count). The van der Waals surface area contributed by atoms with Gasteiger partial charge in [-0.15, -0.1) is 0 Å². The van der Waals surface area contributed by atoms with Gasteiger partial charge in [0.1, 0.15) is 0 Å². The van der Waals surface area contributed by atoms with E-state index in [4.69, 9.17) is 11.8 Å². The van der Waals surface area contributed by atoms with Gasteiger partial charge >= 0.3 is 0 Å². The zero-order valence-corrected chi connectivity index (χ0v) is 11.5. The molecule has 0 saturated carbocycles. The zero-order valence-electron chi connectivity index (χ0n) is 9.84. The van der Waals surface area contributed by atoms with Crippen LogP contribution in [0.25, 0.3) is 0 Å². The number of rotatable bonds is 1. The molecule has 0 unspecified atom stereocenters. The van der Waals surface area contributed by atoms with Crippen LogP contribution in [0.5, 0.6) is 0 Å². The molecule has 16 heavy (non-hydrogen) atoms. The van der Waals surface area contributed by atoms with E-state index in [2.05, 4.69) is 38.1 Å². The zero-order chi connectivity index (χ0) is 11.8. The quantitative estimate of drug-likeness (QED) is 0.777. The second-order valence-corrected chi connectivity index (χ2v) is 10.3. The van der Waals surface area contributed by atoms with Gasteiger partial charge in [-0.1, -0.05) is 56.0 Å². The second kappa shape index (κ2) is 4.60. The molecule has 1 fully saturated rings. The highest BCUT2D eigenvalue weighted by Gasteiger charge is 2.37. The molecule has 4 atom stereocenters. The van der Waals surface area contributed by atoms with Gasteiger partial charge in [-0.05, 0) is 35.5 Å². The van der Waals surface area contributed by atoms with Crippen LogP contribution in [-0.4, -0.2) is 23.0 Å². The molecule has 0 radical (unpaired) electrons. The fourth-order valence-corrected chi connectivity index (χ4v) is 7.26. The topological polar surface area (TPSA) is 20.2 Å². The molecule has 1 heterocycles. The van der Waals surface area contributed by atoms with Crippen molar-refractivity contribution in [3.8, 4) is 0 Å². The van der Waals surface area contributed by atoms with Crippen molar-refractivity contribution >= 4 is 23.1 Å². The monoisotopic (exact) mass is 254 g/mol. The van der Waals surface area contributed by atoms with Gasteiger partial charge in [0.2, 0.25) is 0 Å². The van der Waals surface area contributed by atoms with E-state index in [1.165, 1.54) is 5.30 Å². The smallest absolute Gasteiger partial charge is 0.0575 e. The molecule has 3 heteroatoms. The van der Waals surface area contributed by atoms with E-state index < -0.39 is 6.04 Å². The molecule has 1 nitrogen and oxygen atoms in total. The van der Waals surface area contributed by atoms with Gasteiger partial charge in [0.15, 0.2) is 0 Å². The lowest BCUT2D eigenvalue weighted by Crippen LogP contribution is -2.35.